The summed E-state index contributed by atoms with van der Waals surface area (Å²) in [6.07, 6.45) is -4.49. The molecule has 18 heavy (non-hydrogen) atoms. The van der Waals surface area contributed by atoms with Gasteiger partial charge in [0.15, 0.2) is 11.3 Å². The van der Waals surface area contributed by atoms with Crippen molar-refractivity contribution in [3.05, 3.63) is 23.5 Å². The minimum atomic E-state index is -4.49. The normalized spacial score (nSPS) is 13.2. The summed E-state index contributed by atoms with van der Waals surface area (Å²) in [7, 11) is 0. The molecule has 0 amide bonds. The molecular formula is C11H13F3N4. The lowest BCUT2D eigenvalue weighted by atomic mass is 9.92. The number of hydrogen-bond donors (Lipinski definition) is 1. The number of alkyl halides is 3. The van der Waals surface area contributed by atoms with Gasteiger partial charge in [0, 0.05) is 17.5 Å². The SMILES string of the molecule is CC(C)(C)c1cc(N)nc2cc(C(F)(F)F)nn12. The van der Waals surface area contributed by atoms with Crippen LogP contribution in [0.3, 0.4) is 0 Å². The Bertz CT molecular complexity index is 593. The lowest BCUT2D eigenvalue weighted by Crippen LogP contribution is -2.18. The van der Waals surface area contributed by atoms with Crippen molar-refractivity contribution in [3.63, 3.8) is 0 Å². The molecule has 0 atom stereocenters. The Morgan fingerprint density at radius 1 is 1.17 bits per heavy atom. The first kappa shape index (κ1) is 12.7. The second kappa shape index (κ2) is 3.60. The summed E-state index contributed by atoms with van der Waals surface area (Å²) in [4.78, 5) is 3.86. The van der Waals surface area contributed by atoms with Crippen LogP contribution in [-0.2, 0) is 11.6 Å². The molecule has 2 heterocycles. The third-order valence-corrected chi connectivity index (χ3v) is 2.51. The summed E-state index contributed by atoms with van der Waals surface area (Å²) < 4.78 is 39.1. The monoisotopic (exact) mass is 258 g/mol. The summed E-state index contributed by atoms with van der Waals surface area (Å²) in [5.74, 6) is 0.182. The molecule has 0 radical (unpaired) electrons. The molecule has 0 bridgehead atoms. The molecule has 2 rings (SSSR count). The molecule has 0 aromatic carbocycles. The summed E-state index contributed by atoms with van der Waals surface area (Å²) in [6.45, 7) is 5.61. The van der Waals surface area contributed by atoms with E-state index in [1.165, 1.54) is 4.52 Å². The Morgan fingerprint density at radius 2 is 1.78 bits per heavy atom. The highest BCUT2D eigenvalue weighted by atomic mass is 19.4. The van der Waals surface area contributed by atoms with Gasteiger partial charge in [0.25, 0.3) is 0 Å². The predicted molar refractivity (Wildman–Crippen MR) is 61.1 cm³/mol. The highest BCUT2D eigenvalue weighted by molar-refractivity contribution is 5.49. The van der Waals surface area contributed by atoms with Crippen LogP contribution in [0.15, 0.2) is 12.1 Å². The fourth-order valence-corrected chi connectivity index (χ4v) is 1.67. The van der Waals surface area contributed by atoms with Crippen LogP contribution in [0.1, 0.15) is 32.2 Å². The van der Waals surface area contributed by atoms with Gasteiger partial charge in [0.1, 0.15) is 5.82 Å². The van der Waals surface area contributed by atoms with Crippen LogP contribution >= 0.6 is 0 Å². The Balaban J connectivity index is 2.76. The molecule has 7 heteroatoms. The molecule has 0 aliphatic heterocycles. The van der Waals surface area contributed by atoms with Crippen molar-refractivity contribution >= 4 is 11.5 Å². The van der Waals surface area contributed by atoms with Crippen LogP contribution < -0.4 is 5.73 Å². The zero-order valence-electron chi connectivity index (χ0n) is 10.2. The number of aromatic nitrogens is 3. The van der Waals surface area contributed by atoms with Crippen molar-refractivity contribution < 1.29 is 13.2 Å². The van der Waals surface area contributed by atoms with E-state index in [1.807, 2.05) is 20.8 Å². The summed E-state index contributed by atoms with van der Waals surface area (Å²) in [5, 5.41) is 3.57. The van der Waals surface area contributed by atoms with Gasteiger partial charge < -0.3 is 5.73 Å². The zero-order valence-corrected chi connectivity index (χ0v) is 10.2. The van der Waals surface area contributed by atoms with Gasteiger partial charge in [-0.1, -0.05) is 20.8 Å². The first-order valence-electron chi connectivity index (χ1n) is 5.33. The quantitative estimate of drug-likeness (QED) is 0.790. The Kier molecular flexibility index (Phi) is 2.53. The third-order valence-electron chi connectivity index (χ3n) is 2.51. The lowest BCUT2D eigenvalue weighted by Gasteiger charge is -2.20. The molecule has 0 spiro atoms. The summed E-state index contributed by atoms with van der Waals surface area (Å²) >= 11 is 0. The zero-order chi connectivity index (χ0) is 13.7. The van der Waals surface area contributed by atoms with E-state index < -0.39 is 11.9 Å². The molecule has 2 N–H and O–H groups in total. The molecule has 0 unspecified atom stereocenters. The molecule has 2 aromatic rings. The van der Waals surface area contributed by atoms with Gasteiger partial charge in [-0.15, -0.1) is 0 Å². The molecule has 0 fully saturated rings. The number of nitrogen functional groups attached to an aromatic ring is 1. The number of hydrogen-bond acceptors (Lipinski definition) is 3. The summed E-state index contributed by atoms with van der Waals surface area (Å²) in [6, 6.07) is 2.44. The maximum Gasteiger partial charge on any atom is 0.435 e. The number of halogens is 3. The predicted octanol–water partition coefficient (Wildman–Crippen LogP) is 2.63. The summed E-state index contributed by atoms with van der Waals surface area (Å²) in [5.41, 5.74) is 4.94. The van der Waals surface area contributed by atoms with Crippen LogP contribution in [0, 0.1) is 0 Å². The third kappa shape index (κ3) is 2.12. The molecule has 4 nitrogen and oxygen atoms in total. The number of nitrogens with zero attached hydrogens (tertiary/aromatic N) is 3. The molecule has 98 valence electrons. The Labute approximate surface area is 102 Å². The van der Waals surface area contributed by atoms with E-state index in [4.69, 9.17) is 5.73 Å². The van der Waals surface area contributed by atoms with E-state index in [1.54, 1.807) is 6.07 Å². The molecule has 2 aromatic heterocycles. The number of nitrogens with two attached hydrogens (primary N) is 1. The lowest BCUT2D eigenvalue weighted by molar-refractivity contribution is -0.141. The van der Waals surface area contributed by atoms with Crippen molar-refractivity contribution in [2.75, 3.05) is 5.73 Å². The van der Waals surface area contributed by atoms with Gasteiger partial charge >= 0.3 is 6.18 Å². The fourth-order valence-electron chi connectivity index (χ4n) is 1.67. The van der Waals surface area contributed by atoms with E-state index in [0.717, 1.165) is 6.07 Å². The standard InChI is InChI=1S/C11H13F3N4/c1-10(2,3)7-5-8(15)16-9-4-6(11(12,13)14)17-18(7)9/h4-5H,1-3H3,(H2,15,16). The number of rotatable bonds is 0. The maximum absolute atomic E-state index is 12.6. The van der Waals surface area contributed by atoms with E-state index in [0.29, 0.717) is 5.69 Å². The van der Waals surface area contributed by atoms with Crippen molar-refractivity contribution in [2.24, 2.45) is 0 Å². The van der Waals surface area contributed by atoms with E-state index in [-0.39, 0.29) is 16.9 Å². The van der Waals surface area contributed by atoms with Gasteiger partial charge in [-0.25, -0.2) is 9.50 Å². The first-order valence-corrected chi connectivity index (χ1v) is 5.33. The molecule has 0 aliphatic rings. The van der Waals surface area contributed by atoms with Crippen molar-refractivity contribution in [1.29, 1.82) is 0 Å². The van der Waals surface area contributed by atoms with Crippen LogP contribution in [0.4, 0.5) is 19.0 Å². The topological polar surface area (TPSA) is 56.2 Å². The first-order chi connectivity index (χ1) is 8.09. The average molecular weight is 258 g/mol. The average Bonchev–Trinajstić information content (AvgIpc) is 2.57. The van der Waals surface area contributed by atoms with Gasteiger partial charge in [-0.3, -0.25) is 0 Å². The van der Waals surface area contributed by atoms with Gasteiger partial charge in [-0.05, 0) is 0 Å². The Morgan fingerprint density at radius 3 is 2.28 bits per heavy atom. The molecule has 0 saturated heterocycles. The van der Waals surface area contributed by atoms with Crippen LogP contribution in [-0.4, -0.2) is 14.6 Å². The second-order valence-electron chi connectivity index (χ2n) is 5.11. The van der Waals surface area contributed by atoms with Gasteiger partial charge in [0.2, 0.25) is 0 Å². The maximum atomic E-state index is 12.6. The highest BCUT2D eigenvalue weighted by Gasteiger charge is 2.35. The minimum Gasteiger partial charge on any atom is -0.384 e. The van der Waals surface area contributed by atoms with E-state index in [2.05, 4.69) is 10.1 Å². The highest BCUT2D eigenvalue weighted by Crippen LogP contribution is 2.31. The van der Waals surface area contributed by atoms with Crippen LogP contribution in [0.25, 0.3) is 5.65 Å². The molecular weight excluding hydrogens is 245 g/mol. The Hall–Kier alpha value is -1.79. The van der Waals surface area contributed by atoms with Crippen molar-refractivity contribution in [1.82, 2.24) is 14.6 Å². The van der Waals surface area contributed by atoms with Crippen molar-refractivity contribution in [3.8, 4) is 0 Å². The van der Waals surface area contributed by atoms with Gasteiger partial charge in [0.05, 0.1) is 5.69 Å². The number of fused-ring (bicyclic) bond motifs is 1. The minimum absolute atomic E-state index is 0.104. The van der Waals surface area contributed by atoms with Crippen molar-refractivity contribution in [2.45, 2.75) is 32.4 Å². The van der Waals surface area contributed by atoms with Gasteiger partial charge in [-0.2, -0.15) is 18.3 Å². The largest absolute Gasteiger partial charge is 0.435 e. The van der Waals surface area contributed by atoms with Crippen LogP contribution in [0.5, 0.6) is 0 Å². The van der Waals surface area contributed by atoms with Crippen LogP contribution in [0.2, 0.25) is 0 Å². The molecule has 0 aliphatic carbocycles. The fraction of sp³-hybridized carbons (Fsp3) is 0.455. The second-order valence-corrected chi connectivity index (χ2v) is 5.11. The van der Waals surface area contributed by atoms with E-state index in [9.17, 15) is 13.2 Å². The number of anilines is 1. The van der Waals surface area contributed by atoms with E-state index >= 15 is 0 Å². The smallest absolute Gasteiger partial charge is 0.384 e. The molecule has 0 saturated carbocycles.